The highest BCUT2D eigenvalue weighted by Crippen LogP contribution is 2.34. The van der Waals surface area contributed by atoms with Crippen LogP contribution in [0, 0.1) is 6.92 Å². The Hall–Kier alpha value is -1.80. The van der Waals surface area contributed by atoms with Gasteiger partial charge in [-0.15, -0.1) is 0 Å². The predicted molar refractivity (Wildman–Crippen MR) is 86.2 cm³/mol. The molecule has 0 atom stereocenters. The topological polar surface area (TPSA) is 26.3 Å². The number of halogens is 1. The molecular weight excluding hydrogens is 284 g/mol. The predicted octanol–water partition coefficient (Wildman–Crippen LogP) is 5.08. The van der Waals surface area contributed by atoms with Gasteiger partial charge in [-0.25, -0.2) is 0 Å². The lowest BCUT2D eigenvalue weighted by Crippen LogP contribution is -2.06. The van der Waals surface area contributed by atoms with Crippen LogP contribution in [0.2, 0.25) is 0 Å². The van der Waals surface area contributed by atoms with Crippen LogP contribution in [-0.4, -0.2) is 5.24 Å². The van der Waals surface area contributed by atoms with Crippen molar-refractivity contribution < 1.29 is 9.53 Å². The zero-order valence-electron chi connectivity index (χ0n) is 12.5. The van der Waals surface area contributed by atoms with Crippen LogP contribution in [-0.2, 0) is 6.61 Å². The summed E-state index contributed by atoms with van der Waals surface area (Å²) in [5.74, 6) is 0.861. The highest BCUT2D eigenvalue weighted by atomic mass is 35.5. The molecule has 2 nitrogen and oxygen atoms in total. The Balaban J connectivity index is 2.39. The lowest BCUT2D eigenvalue weighted by Gasteiger charge is -2.18. The minimum absolute atomic E-state index is 0.256. The summed E-state index contributed by atoms with van der Waals surface area (Å²) >= 11 is 5.75. The van der Waals surface area contributed by atoms with Gasteiger partial charge < -0.3 is 4.74 Å². The van der Waals surface area contributed by atoms with Gasteiger partial charge in [-0.2, -0.15) is 0 Å². The minimum Gasteiger partial charge on any atom is -0.488 e. The smallest absolute Gasteiger partial charge is 0.256 e. The van der Waals surface area contributed by atoms with Gasteiger partial charge in [0.15, 0.2) is 0 Å². The maximum atomic E-state index is 11.8. The van der Waals surface area contributed by atoms with E-state index in [0.717, 1.165) is 16.7 Å². The molecule has 0 amide bonds. The maximum absolute atomic E-state index is 11.8. The number of aryl methyl sites for hydroxylation is 1. The SMILES string of the molecule is Cc1ccc(C(C)C)c(OCc2ccccc2)c1C(=O)Cl. The summed E-state index contributed by atoms with van der Waals surface area (Å²) < 4.78 is 5.95. The quantitative estimate of drug-likeness (QED) is 0.720. The summed E-state index contributed by atoms with van der Waals surface area (Å²) in [5.41, 5.74) is 3.36. The number of rotatable bonds is 5. The zero-order chi connectivity index (χ0) is 15.4. The molecule has 0 spiro atoms. The van der Waals surface area contributed by atoms with Crippen LogP contribution in [0.3, 0.4) is 0 Å². The fourth-order valence-corrected chi connectivity index (χ4v) is 2.52. The maximum Gasteiger partial charge on any atom is 0.256 e. The fraction of sp³-hybridized carbons (Fsp3) is 0.278. The van der Waals surface area contributed by atoms with E-state index in [9.17, 15) is 4.79 Å². The van der Waals surface area contributed by atoms with Crippen molar-refractivity contribution >= 4 is 16.8 Å². The molecule has 2 aromatic carbocycles. The van der Waals surface area contributed by atoms with E-state index in [1.165, 1.54) is 0 Å². The van der Waals surface area contributed by atoms with Crippen molar-refractivity contribution in [2.75, 3.05) is 0 Å². The van der Waals surface area contributed by atoms with Crippen molar-refractivity contribution in [3.8, 4) is 5.75 Å². The highest BCUT2D eigenvalue weighted by Gasteiger charge is 2.19. The molecule has 0 fully saturated rings. The highest BCUT2D eigenvalue weighted by molar-refractivity contribution is 6.68. The summed E-state index contributed by atoms with van der Waals surface area (Å²) in [5, 5.41) is -0.474. The molecule has 0 aliphatic rings. The van der Waals surface area contributed by atoms with Gasteiger partial charge in [-0.3, -0.25) is 4.79 Å². The van der Waals surface area contributed by atoms with E-state index in [2.05, 4.69) is 13.8 Å². The molecule has 0 N–H and O–H groups in total. The molecule has 0 unspecified atom stereocenters. The van der Waals surface area contributed by atoms with Crippen molar-refractivity contribution in [1.29, 1.82) is 0 Å². The summed E-state index contributed by atoms with van der Waals surface area (Å²) in [7, 11) is 0. The second-order valence-electron chi connectivity index (χ2n) is 5.38. The second kappa shape index (κ2) is 6.77. The Kier molecular flexibility index (Phi) is 5.03. The van der Waals surface area contributed by atoms with Gasteiger partial charge in [-0.1, -0.05) is 56.3 Å². The summed E-state index contributed by atoms with van der Waals surface area (Å²) in [4.78, 5) is 11.8. The normalized spacial score (nSPS) is 10.7. The largest absolute Gasteiger partial charge is 0.488 e. The molecule has 2 aromatic rings. The van der Waals surface area contributed by atoms with Gasteiger partial charge in [-0.05, 0) is 41.1 Å². The van der Waals surface area contributed by atoms with Gasteiger partial charge in [0, 0.05) is 0 Å². The Morgan fingerprint density at radius 3 is 2.38 bits per heavy atom. The van der Waals surface area contributed by atoms with Crippen molar-refractivity contribution in [3.63, 3.8) is 0 Å². The van der Waals surface area contributed by atoms with Crippen molar-refractivity contribution in [3.05, 3.63) is 64.7 Å². The molecular formula is C18H19ClO2. The van der Waals surface area contributed by atoms with E-state index in [-0.39, 0.29) is 5.92 Å². The van der Waals surface area contributed by atoms with E-state index in [1.54, 1.807) is 0 Å². The Bertz CT molecular complexity index is 633. The molecule has 0 radical (unpaired) electrons. The van der Waals surface area contributed by atoms with Crippen molar-refractivity contribution in [2.24, 2.45) is 0 Å². The van der Waals surface area contributed by atoms with Gasteiger partial charge in [0.2, 0.25) is 0 Å². The fourth-order valence-electron chi connectivity index (χ4n) is 2.28. The number of hydrogen-bond acceptors (Lipinski definition) is 2. The summed E-state index contributed by atoms with van der Waals surface area (Å²) in [6.45, 7) is 6.43. The summed E-state index contributed by atoms with van der Waals surface area (Å²) in [6, 6.07) is 13.8. The number of ether oxygens (including phenoxy) is 1. The molecule has 2 rings (SSSR count). The lowest BCUT2D eigenvalue weighted by atomic mass is 9.96. The lowest BCUT2D eigenvalue weighted by molar-refractivity contribution is 0.107. The molecule has 0 aromatic heterocycles. The molecule has 0 aliphatic carbocycles. The summed E-state index contributed by atoms with van der Waals surface area (Å²) in [6.07, 6.45) is 0. The number of carbonyl (C=O) groups excluding carboxylic acids is 1. The van der Waals surface area contributed by atoms with Gasteiger partial charge >= 0.3 is 0 Å². The number of benzene rings is 2. The monoisotopic (exact) mass is 302 g/mol. The van der Waals surface area contributed by atoms with Crippen molar-refractivity contribution in [2.45, 2.75) is 33.3 Å². The van der Waals surface area contributed by atoms with E-state index < -0.39 is 5.24 Å². The first-order chi connectivity index (χ1) is 10.0. The number of hydrogen-bond donors (Lipinski definition) is 0. The first-order valence-corrected chi connectivity index (χ1v) is 7.38. The Morgan fingerprint density at radius 2 is 1.81 bits per heavy atom. The van der Waals surface area contributed by atoms with E-state index >= 15 is 0 Å². The number of carbonyl (C=O) groups is 1. The van der Waals surface area contributed by atoms with Gasteiger partial charge in [0.05, 0.1) is 5.56 Å². The van der Waals surface area contributed by atoms with Crippen LogP contribution in [0.25, 0.3) is 0 Å². The third-order valence-corrected chi connectivity index (χ3v) is 3.63. The molecule has 0 saturated carbocycles. The molecule has 0 aliphatic heterocycles. The van der Waals surface area contributed by atoms with Crippen LogP contribution in [0.4, 0.5) is 0 Å². The molecule has 0 bridgehead atoms. The molecule has 0 heterocycles. The van der Waals surface area contributed by atoms with Crippen LogP contribution < -0.4 is 4.74 Å². The van der Waals surface area contributed by atoms with Gasteiger partial charge in [0.1, 0.15) is 12.4 Å². The van der Waals surface area contributed by atoms with Crippen LogP contribution in [0.1, 0.15) is 46.8 Å². The average Bonchev–Trinajstić information content (AvgIpc) is 2.45. The first kappa shape index (κ1) is 15.6. The van der Waals surface area contributed by atoms with E-state index in [0.29, 0.717) is 17.9 Å². The van der Waals surface area contributed by atoms with Crippen LogP contribution in [0.5, 0.6) is 5.75 Å². The minimum atomic E-state index is -0.474. The molecule has 0 saturated heterocycles. The van der Waals surface area contributed by atoms with Crippen molar-refractivity contribution in [1.82, 2.24) is 0 Å². The zero-order valence-corrected chi connectivity index (χ0v) is 13.3. The second-order valence-corrected chi connectivity index (χ2v) is 5.72. The van der Waals surface area contributed by atoms with Crippen LogP contribution in [0.15, 0.2) is 42.5 Å². The molecule has 3 heteroatoms. The molecule has 21 heavy (non-hydrogen) atoms. The van der Waals surface area contributed by atoms with Crippen LogP contribution >= 0.6 is 11.6 Å². The molecule has 110 valence electrons. The third kappa shape index (κ3) is 3.64. The van der Waals surface area contributed by atoms with Gasteiger partial charge in [0.25, 0.3) is 5.24 Å². The third-order valence-electron chi connectivity index (χ3n) is 3.44. The average molecular weight is 303 g/mol. The first-order valence-electron chi connectivity index (χ1n) is 7.00. The van der Waals surface area contributed by atoms with E-state index in [1.807, 2.05) is 49.4 Å². The van der Waals surface area contributed by atoms with E-state index in [4.69, 9.17) is 16.3 Å². The Morgan fingerprint density at radius 1 is 1.14 bits per heavy atom. The Labute approximate surface area is 130 Å². The standard InChI is InChI=1S/C18H19ClO2/c1-12(2)15-10-9-13(3)16(18(19)20)17(15)21-11-14-7-5-4-6-8-14/h4-10,12H,11H2,1-3H3.